The summed E-state index contributed by atoms with van der Waals surface area (Å²) in [5.74, 6) is 0.692. The third-order valence-electron chi connectivity index (χ3n) is 3.05. The molecule has 0 atom stereocenters. The number of morpholine rings is 1. The molecule has 0 unspecified atom stereocenters. The number of ether oxygens (including phenoxy) is 2. The van der Waals surface area contributed by atoms with Gasteiger partial charge in [0, 0.05) is 19.5 Å². The van der Waals surface area contributed by atoms with Crippen LogP contribution in [0.25, 0.3) is 0 Å². The van der Waals surface area contributed by atoms with Gasteiger partial charge in [0.05, 0.1) is 20.3 Å². The number of methoxy groups -OCH3 is 1. The molecule has 0 bridgehead atoms. The first-order valence-corrected chi connectivity index (χ1v) is 6.27. The second-order valence-electron chi connectivity index (χ2n) is 4.32. The summed E-state index contributed by atoms with van der Waals surface area (Å²) in [4.78, 5) is 13.6. The summed E-state index contributed by atoms with van der Waals surface area (Å²) in [5.41, 5.74) is 0. The molecule has 1 aliphatic heterocycles. The van der Waals surface area contributed by atoms with Crippen LogP contribution in [-0.2, 0) is 15.9 Å². The highest BCUT2D eigenvalue weighted by atomic mass is 16.5. The van der Waals surface area contributed by atoms with E-state index in [4.69, 9.17) is 9.15 Å². The van der Waals surface area contributed by atoms with Gasteiger partial charge in [0.2, 0.25) is 5.76 Å². The molecule has 1 aliphatic rings. The molecule has 1 saturated heterocycles. The first kappa shape index (κ1) is 13.1. The number of esters is 1. The summed E-state index contributed by atoms with van der Waals surface area (Å²) in [6.45, 7) is 4.70. The van der Waals surface area contributed by atoms with Crippen molar-refractivity contribution in [3.63, 3.8) is 0 Å². The molecule has 1 aromatic heterocycles. The molecule has 18 heavy (non-hydrogen) atoms. The number of furan rings is 1. The van der Waals surface area contributed by atoms with Crippen LogP contribution in [0, 0.1) is 0 Å². The van der Waals surface area contributed by atoms with E-state index >= 15 is 0 Å². The van der Waals surface area contributed by atoms with Gasteiger partial charge in [0.1, 0.15) is 5.76 Å². The van der Waals surface area contributed by atoms with Crippen molar-refractivity contribution in [3.8, 4) is 0 Å². The largest absolute Gasteiger partial charge is 0.463 e. The minimum Gasteiger partial charge on any atom is -0.463 e. The van der Waals surface area contributed by atoms with Crippen molar-refractivity contribution in [2.45, 2.75) is 12.8 Å². The fourth-order valence-electron chi connectivity index (χ4n) is 2.02. The summed E-state index contributed by atoms with van der Waals surface area (Å²) in [7, 11) is 1.35. The monoisotopic (exact) mass is 253 g/mol. The lowest BCUT2D eigenvalue weighted by atomic mass is 10.2. The van der Waals surface area contributed by atoms with Crippen molar-refractivity contribution >= 4 is 5.97 Å². The van der Waals surface area contributed by atoms with Crippen molar-refractivity contribution < 1.29 is 18.7 Å². The van der Waals surface area contributed by atoms with E-state index in [2.05, 4.69) is 9.64 Å². The predicted molar refractivity (Wildman–Crippen MR) is 65.6 cm³/mol. The Morgan fingerprint density at radius 1 is 1.39 bits per heavy atom. The van der Waals surface area contributed by atoms with Gasteiger partial charge in [-0.3, -0.25) is 4.90 Å². The minimum absolute atomic E-state index is 0.277. The van der Waals surface area contributed by atoms with E-state index in [1.807, 2.05) is 6.07 Å². The van der Waals surface area contributed by atoms with Gasteiger partial charge in [0.15, 0.2) is 0 Å². The maximum absolute atomic E-state index is 11.2. The topological polar surface area (TPSA) is 51.9 Å². The number of rotatable bonds is 5. The van der Waals surface area contributed by atoms with E-state index in [0.29, 0.717) is 0 Å². The zero-order valence-corrected chi connectivity index (χ0v) is 10.7. The Morgan fingerprint density at radius 3 is 2.89 bits per heavy atom. The van der Waals surface area contributed by atoms with Crippen molar-refractivity contribution in [2.24, 2.45) is 0 Å². The van der Waals surface area contributed by atoms with E-state index in [-0.39, 0.29) is 5.76 Å². The summed E-state index contributed by atoms with van der Waals surface area (Å²) in [6.07, 6.45) is 1.86. The van der Waals surface area contributed by atoms with Gasteiger partial charge in [-0.1, -0.05) is 0 Å². The third kappa shape index (κ3) is 3.58. The lowest BCUT2D eigenvalue weighted by Crippen LogP contribution is -2.36. The predicted octanol–water partition coefficient (Wildman–Crippen LogP) is 1.33. The van der Waals surface area contributed by atoms with E-state index in [9.17, 15) is 4.79 Å². The molecule has 2 rings (SSSR count). The highest BCUT2D eigenvalue weighted by molar-refractivity contribution is 5.86. The van der Waals surface area contributed by atoms with Crippen LogP contribution in [0.1, 0.15) is 22.7 Å². The average molecular weight is 253 g/mol. The summed E-state index contributed by atoms with van der Waals surface area (Å²) in [5, 5.41) is 0. The molecule has 5 heteroatoms. The minimum atomic E-state index is -0.422. The van der Waals surface area contributed by atoms with Crippen LogP contribution in [0.3, 0.4) is 0 Å². The zero-order valence-electron chi connectivity index (χ0n) is 10.7. The van der Waals surface area contributed by atoms with E-state index in [0.717, 1.165) is 51.4 Å². The van der Waals surface area contributed by atoms with Crippen molar-refractivity contribution in [3.05, 3.63) is 23.7 Å². The molecule has 0 radical (unpaired) electrons. The number of hydrogen-bond acceptors (Lipinski definition) is 5. The molecule has 0 spiro atoms. The van der Waals surface area contributed by atoms with Crippen LogP contribution < -0.4 is 0 Å². The summed E-state index contributed by atoms with van der Waals surface area (Å²) in [6, 6.07) is 3.50. The number of carbonyl (C=O) groups excluding carboxylic acids is 1. The molecule has 0 amide bonds. The fourth-order valence-corrected chi connectivity index (χ4v) is 2.02. The van der Waals surface area contributed by atoms with Gasteiger partial charge in [-0.25, -0.2) is 4.79 Å². The fraction of sp³-hybridized carbons (Fsp3) is 0.615. The SMILES string of the molecule is COC(=O)c1ccc(CCCN2CCOCC2)o1. The van der Waals surface area contributed by atoms with Gasteiger partial charge in [0.25, 0.3) is 0 Å². The summed E-state index contributed by atoms with van der Waals surface area (Å²) >= 11 is 0. The third-order valence-corrected chi connectivity index (χ3v) is 3.05. The molecule has 0 saturated carbocycles. The normalized spacial score (nSPS) is 16.7. The second-order valence-corrected chi connectivity index (χ2v) is 4.32. The molecule has 5 nitrogen and oxygen atoms in total. The molecular formula is C13H19NO4. The molecule has 0 aliphatic carbocycles. The Balaban J connectivity index is 1.72. The maximum atomic E-state index is 11.2. The number of hydrogen-bond donors (Lipinski definition) is 0. The lowest BCUT2D eigenvalue weighted by molar-refractivity contribution is 0.0372. The van der Waals surface area contributed by atoms with E-state index in [1.165, 1.54) is 7.11 Å². The number of carbonyl (C=O) groups is 1. The lowest BCUT2D eigenvalue weighted by Gasteiger charge is -2.26. The van der Waals surface area contributed by atoms with E-state index in [1.54, 1.807) is 6.07 Å². The van der Waals surface area contributed by atoms with Crippen LogP contribution in [0.4, 0.5) is 0 Å². The van der Waals surface area contributed by atoms with Crippen LogP contribution in [0.15, 0.2) is 16.5 Å². The van der Waals surface area contributed by atoms with Gasteiger partial charge in [-0.15, -0.1) is 0 Å². The van der Waals surface area contributed by atoms with Crippen molar-refractivity contribution in [1.82, 2.24) is 4.90 Å². The molecule has 1 aromatic rings. The Labute approximate surface area is 107 Å². The van der Waals surface area contributed by atoms with E-state index < -0.39 is 5.97 Å². The summed E-state index contributed by atoms with van der Waals surface area (Å²) < 4.78 is 15.3. The molecule has 1 fully saturated rings. The average Bonchev–Trinajstić information content (AvgIpc) is 2.88. The van der Waals surface area contributed by atoms with Crippen LogP contribution >= 0.6 is 0 Å². The van der Waals surface area contributed by atoms with Gasteiger partial charge >= 0.3 is 5.97 Å². The van der Waals surface area contributed by atoms with Gasteiger partial charge in [-0.2, -0.15) is 0 Å². The quantitative estimate of drug-likeness (QED) is 0.741. The molecule has 0 N–H and O–H groups in total. The second kappa shape index (κ2) is 6.56. The number of aryl methyl sites for hydroxylation is 1. The first-order chi connectivity index (χ1) is 8.79. The van der Waals surface area contributed by atoms with Gasteiger partial charge < -0.3 is 13.9 Å². The highest BCUT2D eigenvalue weighted by Gasteiger charge is 2.12. The molecule has 0 aromatic carbocycles. The maximum Gasteiger partial charge on any atom is 0.373 e. The Bertz CT molecular complexity index is 382. The molecule has 2 heterocycles. The smallest absolute Gasteiger partial charge is 0.373 e. The number of nitrogens with zero attached hydrogens (tertiary/aromatic N) is 1. The standard InChI is InChI=1S/C13H19NO4/c1-16-13(15)12-5-4-11(18-12)3-2-6-14-7-9-17-10-8-14/h4-5H,2-3,6-10H2,1H3. The molecular weight excluding hydrogens is 234 g/mol. The van der Waals surface area contributed by atoms with Crippen LogP contribution in [-0.4, -0.2) is 50.8 Å². The highest BCUT2D eigenvalue weighted by Crippen LogP contribution is 2.11. The first-order valence-electron chi connectivity index (χ1n) is 6.27. The van der Waals surface area contributed by atoms with Crippen molar-refractivity contribution in [2.75, 3.05) is 40.0 Å². The van der Waals surface area contributed by atoms with Gasteiger partial charge in [-0.05, 0) is 25.1 Å². The zero-order chi connectivity index (χ0) is 12.8. The van der Waals surface area contributed by atoms with Crippen LogP contribution in [0.5, 0.6) is 0 Å². The van der Waals surface area contributed by atoms with Crippen molar-refractivity contribution in [1.29, 1.82) is 0 Å². The Hall–Kier alpha value is -1.33. The Kier molecular flexibility index (Phi) is 4.78. The van der Waals surface area contributed by atoms with Crippen LogP contribution in [0.2, 0.25) is 0 Å². The Morgan fingerprint density at radius 2 is 2.17 bits per heavy atom. The molecule has 100 valence electrons.